The van der Waals surface area contributed by atoms with Gasteiger partial charge in [-0.15, -0.1) is 0 Å². The second-order valence-corrected chi connectivity index (χ2v) is 5.21. The number of nitrogens with one attached hydrogen (secondary N) is 1. The van der Waals surface area contributed by atoms with E-state index in [0.29, 0.717) is 5.54 Å². The lowest BCUT2D eigenvalue weighted by Crippen LogP contribution is -2.54. The summed E-state index contributed by atoms with van der Waals surface area (Å²) in [5, 5.41) is 3.64. The molecule has 1 heterocycles. The van der Waals surface area contributed by atoms with Crippen molar-refractivity contribution in [1.82, 2.24) is 10.2 Å². The van der Waals surface area contributed by atoms with Gasteiger partial charge in [-0.05, 0) is 52.1 Å². The Morgan fingerprint density at radius 3 is 2.71 bits per heavy atom. The Hall–Kier alpha value is -0.0800. The van der Waals surface area contributed by atoms with Gasteiger partial charge >= 0.3 is 0 Å². The minimum Gasteiger partial charge on any atom is -0.313 e. The Morgan fingerprint density at radius 1 is 1.36 bits per heavy atom. The summed E-state index contributed by atoms with van der Waals surface area (Å²) in [5.41, 5.74) is 0.555. The van der Waals surface area contributed by atoms with E-state index >= 15 is 0 Å². The van der Waals surface area contributed by atoms with Crippen molar-refractivity contribution in [1.29, 1.82) is 0 Å². The van der Waals surface area contributed by atoms with E-state index in [9.17, 15) is 0 Å². The summed E-state index contributed by atoms with van der Waals surface area (Å²) < 4.78 is 0. The average molecular weight is 196 g/mol. The normalized spacial score (nSPS) is 33.4. The van der Waals surface area contributed by atoms with Gasteiger partial charge in [-0.1, -0.05) is 6.92 Å². The first-order chi connectivity index (χ1) is 6.74. The Balaban J connectivity index is 1.95. The van der Waals surface area contributed by atoms with Crippen LogP contribution in [0, 0.1) is 0 Å². The van der Waals surface area contributed by atoms with Crippen LogP contribution in [-0.2, 0) is 0 Å². The monoisotopic (exact) mass is 196 g/mol. The van der Waals surface area contributed by atoms with Gasteiger partial charge in [0.2, 0.25) is 0 Å². The van der Waals surface area contributed by atoms with Gasteiger partial charge in [0.05, 0.1) is 0 Å². The zero-order valence-corrected chi connectivity index (χ0v) is 9.68. The highest BCUT2D eigenvalue weighted by Crippen LogP contribution is 2.37. The number of hydrogen-bond acceptors (Lipinski definition) is 2. The molecule has 1 saturated heterocycles. The van der Waals surface area contributed by atoms with E-state index in [1.54, 1.807) is 0 Å². The van der Waals surface area contributed by atoms with E-state index in [1.165, 1.54) is 51.7 Å². The largest absolute Gasteiger partial charge is 0.313 e. The molecular weight excluding hydrogens is 172 g/mol. The molecule has 1 N–H and O–H groups in total. The Labute approximate surface area is 88.1 Å². The summed E-state index contributed by atoms with van der Waals surface area (Å²) in [5.74, 6) is 0. The summed E-state index contributed by atoms with van der Waals surface area (Å²) in [6.07, 6.45) is 6.88. The van der Waals surface area contributed by atoms with Crippen LogP contribution in [-0.4, -0.2) is 36.1 Å². The molecule has 2 heteroatoms. The van der Waals surface area contributed by atoms with Crippen molar-refractivity contribution in [3.05, 3.63) is 0 Å². The predicted octanol–water partition coefficient (Wildman–Crippen LogP) is 2.00. The molecular formula is C12H24N2. The fraction of sp³-hybridized carbons (Fsp3) is 1.00. The highest BCUT2D eigenvalue weighted by atomic mass is 15.2. The molecule has 1 unspecified atom stereocenters. The summed E-state index contributed by atoms with van der Waals surface area (Å²) in [7, 11) is 0. The van der Waals surface area contributed by atoms with Crippen LogP contribution in [0.1, 0.15) is 46.0 Å². The lowest BCUT2D eigenvalue weighted by Gasteiger charge is -2.48. The second-order valence-electron chi connectivity index (χ2n) is 5.21. The van der Waals surface area contributed by atoms with E-state index in [-0.39, 0.29) is 0 Å². The Morgan fingerprint density at radius 2 is 2.14 bits per heavy atom. The fourth-order valence-corrected chi connectivity index (χ4v) is 2.77. The molecule has 1 aliphatic carbocycles. The van der Waals surface area contributed by atoms with Crippen LogP contribution in [0.15, 0.2) is 0 Å². The van der Waals surface area contributed by atoms with Crippen molar-refractivity contribution in [2.75, 3.05) is 19.6 Å². The van der Waals surface area contributed by atoms with Crippen LogP contribution in [0.25, 0.3) is 0 Å². The zero-order valence-electron chi connectivity index (χ0n) is 9.68. The SMILES string of the molecule is CCC1CN(C2(C)CCC2)CCCN1. The highest BCUT2D eigenvalue weighted by Gasteiger charge is 2.38. The molecule has 0 bridgehead atoms. The number of rotatable bonds is 2. The van der Waals surface area contributed by atoms with Gasteiger partial charge < -0.3 is 5.32 Å². The molecule has 0 spiro atoms. The first-order valence-electron chi connectivity index (χ1n) is 6.23. The first-order valence-corrected chi connectivity index (χ1v) is 6.23. The van der Waals surface area contributed by atoms with E-state index in [4.69, 9.17) is 0 Å². The van der Waals surface area contributed by atoms with Crippen molar-refractivity contribution < 1.29 is 0 Å². The van der Waals surface area contributed by atoms with E-state index in [0.717, 1.165) is 6.04 Å². The molecule has 82 valence electrons. The molecule has 1 saturated carbocycles. The molecule has 0 aromatic rings. The van der Waals surface area contributed by atoms with E-state index in [2.05, 4.69) is 24.1 Å². The predicted molar refractivity (Wildman–Crippen MR) is 60.5 cm³/mol. The first kappa shape index (κ1) is 10.4. The molecule has 1 aliphatic heterocycles. The number of hydrogen-bond donors (Lipinski definition) is 1. The molecule has 0 radical (unpaired) electrons. The molecule has 0 aromatic heterocycles. The summed E-state index contributed by atoms with van der Waals surface area (Å²) >= 11 is 0. The Kier molecular flexibility index (Phi) is 3.13. The van der Waals surface area contributed by atoms with Gasteiger partial charge in [0.15, 0.2) is 0 Å². The second kappa shape index (κ2) is 4.19. The van der Waals surface area contributed by atoms with Gasteiger partial charge in [0, 0.05) is 18.1 Å². The smallest absolute Gasteiger partial charge is 0.0192 e. The highest BCUT2D eigenvalue weighted by molar-refractivity contribution is 4.96. The topological polar surface area (TPSA) is 15.3 Å². The molecule has 14 heavy (non-hydrogen) atoms. The van der Waals surface area contributed by atoms with Gasteiger partial charge in [-0.2, -0.15) is 0 Å². The molecule has 2 aliphatic rings. The lowest BCUT2D eigenvalue weighted by atomic mass is 9.76. The third-order valence-corrected chi connectivity index (χ3v) is 4.17. The third kappa shape index (κ3) is 1.96. The molecule has 2 rings (SSSR count). The molecule has 0 amide bonds. The third-order valence-electron chi connectivity index (χ3n) is 4.17. The number of nitrogens with zero attached hydrogens (tertiary/aromatic N) is 1. The van der Waals surface area contributed by atoms with Crippen LogP contribution < -0.4 is 5.32 Å². The van der Waals surface area contributed by atoms with Gasteiger partial charge in [0.25, 0.3) is 0 Å². The quantitative estimate of drug-likeness (QED) is 0.727. The van der Waals surface area contributed by atoms with Gasteiger partial charge in [-0.3, -0.25) is 4.90 Å². The molecule has 2 fully saturated rings. The van der Waals surface area contributed by atoms with Crippen molar-refractivity contribution in [2.45, 2.75) is 57.5 Å². The van der Waals surface area contributed by atoms with Crippen LogP contribution in [0.4, 0.5) is 0 Å². The summed E-state index contributed by atoms with van der Waals surface area (Å²) in [6.45, 7) is 8.54. The van der Waals surface area contributed by atoms with Gasteiger partial charge in [0.1, 0.15) is 0 Å². The van der Waals surface area contributed by atoms with E-state index in [1.807, 2.05) is 0 Å². The maximum atomic E-state index is 3.64. The zero-order chi connectivity index (χ0) is 10.0. The fourth-order valence-electron chi connectivity index (χ4n) is 2.77. The van der Waals surface area contributed by atoms with Crippen molar-refractivity contribution in [3.8, 4) is 0 Å². The molecule has 1 atom stereocenters. The van der Waals surface area contributed by atoms with Crippen molar-refractivity contribution >= 4 is 0 Å². The van der Waals surface area contributed by atoms with Gasteiger partial charge in [-0.25, -0.2) is 0 Å². The standard InChI is InChI=1S/C12H24N2/c1-3-11-10-14(9-5-8-13-11)12(2)6-4-7-12/h11,13H,3-10H2,1-2H3. The van der Waals surface area contributed by atoms with Crippen molar-refractivity contribution in [3.63, 3.8) is 0 Å². The summed E-state index contributed by atoms with van der Waals surface area (Å²) in [6, 6.07) is 0.731. The lowest BCUT2D eigenvalue weighted by molar-refractivity contribution is 0.0308. The summed E-state index contributed by atoms with van der Waals surface area (Å²) in [4.78, 5) is 2.74. The maximum absolute atomic E-state index is 3.64. The van der Waals surface area contributed by atoms with E-state index < -0.39 is 0 Å². The van der Waals surface area contributed by atoms with Crippen molar-refractivity contribution in [2.24, 2.45) is 0 Å². The minimum absolute atomic E-state index is 0.555. The van der Waals surface area contributed by atoms with Crippen LogP contribution in [0.3, 0.4) is 0 Å². The maximum Gasteiger partial charge on any atom is 0.0192 e. The van der Waals surface area contributed by atoms with Crippen LogP contribution in [0.2, 0.25) is 0 Å². The van der Waals surface area contributed by atoms with Crippen LogP contribution >= 0.6 is 0 Å². The molecule has 2 nitrogen and oxygen atoms in total. The minimum atomic E-state index is 0.555. The molecule has 0 aromatic carbocycles. The Bertz CT molecular complexity index is 187. The average Bonchev–Trinajstić information content (AvgIpc) is 2.39. The van der Waals surface area contributed by atoms with Crippen LogP contribution in [0.5, 0.6) is 0 Å².